The van der Waals surface area contributed by atoms with Gasteiger partial charge in [0.2, 0.25) is 11.8 Å². The first-order valence-electron chi connectivity index (χ1n) is 7.00. The van der Waals surface area contributed by atoms with Crippen LogP contribution < -0.4 is 16.6 Å². The van der Waals surface area contributed by atoms with Crippen LogP contribution in [0.15, 0.2) is 4.79 Å². The van der Waals surface area contributed by atoms with Crippen LogP contribution in [0.2, 0.25) is 0 Å². The van der Waals surface area contributed by atoms with Gasteiger partial charge in [-0.25, -0.2) is 0 Å². The normalized spacial score (nSPS) is 12.1. The molecular weight excluding hydrogens is 276 g/mol. The number of hydrogen-bond donors (Lipinski definition) is 5. The summed E-state index contributed by atoms with van der Waals surface area (Å²) in [6.07, 6.45) is 3.03. The number of unbranched alkanes of at least 4 members (excludes halogenated alkanes) is 1. The number of carboxylic acid groups (broad SMARTS) is 1. The van der Waals surface area contributed by atoms with E-state index in [-0.39, 0.29) is 23.0 Å². The quantitative estimate of drug-likeness (QED) is 0.416. The molecule has 0 spiro atoms. The number of rotatable bonds is 9. The molecule has 21 heavy (non-hydrogen) atoms. The Morgan fingerprint density at radius 3 is 2.76 bits per heavy atom. The van der Waals surface area contributed by atoms with Gasteiger partial charge in [-0.15, -0.1) is 0 Å². The first-order chi connectivity index (χ1) is 9.95. The molecule has 1 heterocycles. The van der Waals surface area contributed by atoms with E-state index in [4.69, 9.17) is 10.8 Å². The van der Waals surface area contributed by atoms with Crippen molar-refractivity contribution in [3.8, 4) is 5.88 Å². The number of nitrogens with two attached hydrogens (primary N) is 1. The molecule has 8 nitrogen and oxygen atoms in total. The predicted molar refractivity (Wildman–Crippen MR) is 78.5 cm³/mol. The van der Waals surface area contributed by atoms with Gasteiger partial charge in [0.05, 0.1) is 5.56 Å². The van der Waals surface area contributed by atoms with Gasteiger partial charge in [0.25, 0.3) is 5.56 Å². The molecule has 1 atom stereocenters. The molecule has 0 aliphatic carbocycles. The van der Waals surface area contributed by atoms with Crippen LogP contribution in [-0.2, 0) is 11.2 Å². The molecule has 1 aromatic heterocycles. The van der Waals surface area contributed by atoms with Crippen molar-refractivity contribution in [3.05, 3.63) is 15.9 Å². The van der Waals surface area contributed by atoms with Crippen molar-refractivity contribution in [3.63, 3.8) is 0 Å². The van der Waals surface area contributed by atoms with E-state index in [2.05, 4.69) is 15.3 Å². The van der Waals surface area contributed by atoms with Crippen LogP contribution in [0.5, 0.6) is 5.88 Å². The summed E-state index contributed by atoms with van der Waals surface area (Å²) >= 11 is 0. The van der Waals surface area contributed by atoms with Gasteiger partial charge in [0.15, 0.2) is 0 Å². The highest BCUT2D eigenvalue weighted by molar-refractivity contribution is 5.72. The summed E-state index contributed by atoms with van der Waals surface area (Å²) in [5.74, 6) is -1.14. The van der Waals surface area contributed by atoms with Crippen molar-refractivity contribution in [2.24, 2.45) is 5.73 Å². The standard InChI is InChI=1S/C13H22N4O4/c1-2-3-5-8-10(18)16-13(17-11(8)19)15-7-4-6-9(14)12(20)21/h9H,2-7,14H2,1H3,(H,20,21)(H3,15,16,17,18,19)/t9-/m1/s1. The van der Waals surface area contributed by atoms with E-state index >= 15 is 0 Å². The minimum atomic E-state index is -1.04. The Morgan fingerprint density at radius 1 is 1.48 bits per heavy atom. The first-order valence-corrected chi connectivity index (χ1v) is 7.00. The number of H-pyrrole nitrogens is 1. The number of anilines is 1. The fraction of sp³-hybridized carbons (Fsp3) is 0.615. The lowest BCUT2D eigenvalue weighted by Gasteiger charge is -2.09. The van der Waals surface area contributed by atoms with Crippen LogP contribution in [0, 0.1) is 0 Å². The zero-order chi connectivity index (χ0) is 15.8. The minimum absolute atomic E-state index is 0.168. The number of aromatic nitrogens is 2. The maximum absolute atomic E-state index is 11.8. The largest absolute Gasteiger partial charge is 0.493 e. The summed E-state index contributed by atoms with van der Waals surface area (Å²) in [6, 6.07) is -0.899. The van der Waals surface area contributed by atoms with Crippen LogP contribution in [0.3, 0.4) is 0 Å². The zero-order valence-electron chi connectivity index (χ0n) is 12.1. The highest BCUT2D eigenvalue weighted by Crippen LogP contribution is 2.13. The number of nitrogens with zero attached hydrogens (tertiary/aromatic N) is 1. The van der Waals surface area contributed by atoms with E-state index in [0.29, 0.717) is 25.8 Å². The molecule has 8 heteroatoms. The third-order valence-electron chi connectivity index (χ3n) is 3.08. The molecule has 0 aliphatic heterocycles. The molecule has 1 aromatic rings. The molecule has 0 aromatic carbocycles. The molecule has 0 bridgehead atoms. The number of aromatic amines is 1. The van der Waals surface area contributed by atoms with Gasteiger partial charge in [-0.05, 0) is 25.7 Å². The van der Waals surface area contributed by atoms with E-state index in [1.54, 1.807) is 0 Å². The van der Waals surface area contributed by atoms with Gasteiger partial charge in [-0.1, -0.05) is 13.3 Å². The second-order valence-electron chi connectivity index (χ2n) is 4.83. The molecule has 0 aliphatic rings. The number of hydrogen-bond acceptors (Lipinski definition) is 6. The summed E-state index contributed by atoms with van der Waals surface area (Å²) in [5.41, 5.74) is 5.30. The van der Waals surface area contributed by atoms with E-state index in [9.17, 15) is 14.7 Å². The van der Waals surface area contributed by atoms with Crippen molar-refractivity contribution in [2.75, 3.05) is 11.9 Å². The molecule has 0 saturated heterocycles. The fourth-order valence-electron chi connectivity index (χ4n) is 1.80. The van der Waals surface area contributed by atoms with Crippen LogP contribution in [0.25, 0.3) is 0 Å². The Morgan fingerprint density at radius 2 is 2.19 bits per heavy atom. The maximum Gasteiger partial charge on any atom is 0.320 e. The minimum Gasteiger partial charge on any atom is -0.493 e. The monoisotopic (exact) mass is 298 g/mol. The Bertz CT molecular complexity index is 529. The third kappa shape index (κ3) is 5.42. The third-order valence-corrected chi connectivity index (χ3v) is 3.08. The van der Waals surface area contributed by atoms with E-state index in [1.807, 2.05) is 6.92 Å². The van der Waals surface area contributed by atoms with Crippen molar-refractivity contribution < 1.29 is 15.0 Å². The highest BCUT2D eigenvalue weighted by atomic mass is 16.4. The molecule has 0 saturated carbocycles. The molecular formula is C13H22N4O4. The van der Waals surface area contributed by atoms with Crippen LogP contribution in [0.1, 0.15) is 38.2 Å². The number of carbonyl (C=O) groups is 1. The zero-order valence-corrected chi connectivity index (χ0v) is 12.1. The number of aromatic hydroxyl groups is 1. The van der Waals surface area contributed by atoms with Crippen molar-refractivity contribution in [1.29, 1.82) is 0 Å². The van der Waals surface area contributed by atoms with Crippen molar-refractivity contribution in [1.82, 2.24) is 9.97 Å². The van der Waals surface area contributed by atoms with E-state index in [1.165, 1.54) is 0 Å². The predicted octanol–water partition coefficient (Wildman–Crippen LogP) is 0.422. The van der Waals surface area contributed by atoms with E-state index < -0.39 is 12.0 Å². The highest BCUT2D eigenvalue weighted by Gasteiger charge is 2.12. The Labute approximate surface area is 122 Å². The molecule has 0 radical (unpaired) electrons. The lowest BCUT2D eigenvalue weighted by Crippen LogP contribution is -2.30. The second kappa shape index (κ2) is 8.25. The molecule has 0 amide bonds. The first kappa shape index (κ1) is 17.0. The lowest BCUT2D eigenvalue weighted by atomic mass is 10.1. The molecule has 0 unspecified atom stereocenters. The van der Waals surface area contributed by atoms with Gasteiger partial charge in [0.1, 0.15) is 6.04 Å². The Kier molecular flexibility index (Phi) is 6.67. The summed E-state index contributed by atoms with van der Waals surface area (Å²) in [5, 5.41) is 21.2. The topological polar surface area (TPSA) is 141 Å². The SMILES string of the molecule is CCCCc1c(O)nc(NCCC[C@@H](N)C(=O)O)[nH]c1=O. The molecule has 118 valence electrons. The smallest absolute Gasteiger partial charge is 0.320 e. The lowest BCUT2D eigenvalue weighted by molar-refractivity contribution is -0.138. The van der Waals surface area contributed by atoms with Gasteiger partial charge in [-0.3, -0.25) is 14.6 Å². The van der Waals surface area contributed by atoms with Gasteiger partial charge in [-0.2, -0.15) is 4.98 Å². The molecule has 0 fully saturated rings. The average Bonchev–Trinajstić information content (AvgIpc) is 2.42. The summed E-state index contributed by atoms with van der Waals surface area (Å²) in [4.78, 5) is 28.8. The van der Waals surface area contributed by atoms with E-state index in [0.717, 1.165) is 12.8 Å². The Hall–Kier alpha value is -2.09. The van der Waals surface area contributed by atoms with Gasteiger partial charge >= 0.3 is 5.97 Å². The number of nitrogens with one attached hydrogen (secondary N) is 2. The summed E-state index contributed by atoms with van der Waals surface area (Å²) < 4.78 is 0. The van der Waals surface area contributed by atoms with Crippen molar-refractivity contribution in [2.45, 2.75) is 45.1 Å². The van der Waals surface area contributed by atoms with Crippen LogP contribution in [0.4, 0.5) is 5.95 Å². The Balaban J connectivity index is 2.53. The maximum atomic E-state index is 11.8. The fourth-order valence-corrected chi connectivity index (χ4v) is 1.80. The molecule has 6 N–H and O–H groups in total. The number of aliphatic carboxylic acids is 1. The van der Waals surface area contributed by atoms with Gasteiger partial charge < -0.3 is 21.3 Å². The average molecular weight is 298 g/mol. The summed E-state index contributed by atoms with van der Waals surface area (Å²) in [6.45, 7) is 2.40. The molecule has 1 rings (SSSR count). The summed E-state index contributed by atoms with van der Waals surface area (Å²) in [7, 11) is 0. The number of carboxylic acids is 1. The van der Waals surface area contributed by atoms with Crippen LogP contribution in [-0.4, -0.2) is 38.7 Å². The van der Waals surface area contributed by atoms with Crippen LogP contribution >= 0.6 is 0 Å². The van der Waals surface area contributed by atoms with Gasteiger partial charge in [0, 0.05) is 6.54 Å². The van der Waals surface area contributed by atoms with Crippen molar-refractivity contribution >= 4 is 11.9 Å². The second-order valence-corrected chi connectivity index (χ2v) is 4.83.